The van der Waals surface area contributed by atoms with Crippen LogP contribution in [0.15, 0.2) is 23.0 Å². The van der Waals surface area contributed by atoms with Crippen molar-refractivity contribution in [1.82, 2.24) is 5.32 Å². The van der Waals surface area contributed by atoms with Gasteiger partial charge < -0.3 is 15.5 Å². The molecule has 0 spiro atoms. The summed E-state index contributed by atoms with van der Waals surface area (Å²) in [5.74, 6) is 3.21. The normalized spacial score (nSPS) is 52.2. The van der Waals surface area contributed by atoms with Gasteiger partial charge in [-0.25, -0.2) is 0 Å². The van der Waals surface area contributed by atoms with Gasteiger partial charge in [0.2, 0.25) is 0 Å². The van der Waals surface area contributed by atoms with Crippen LogP contribution in [0.4, 0.5) is 0 Å². The van der Waals surface area contributed by atoms with Gasteiger partial charge in [-0.3, -0.25) is 0 Å². The van der Waals surface area contributed by atoms with Gasteiger partial charge in [-0.15, -0.1) is 0 Å². The number of rotatable bonds is 1. The topological polar surface area (TPSA) is 52.5 Å². The standard InChI is InChI=1S/C24H37NO2/c1-14-11-15-12-16(26)6-8-23(15,2)17-7-9-24(3)18(21(14)17)13-20(27)22(24)19-5-4-10-25-19/h11,14,16-19,21,25-27H,4-10,12-13H2,1-3H3/t14-,16-,17-,18-,19?,21+,23-,24-/m0/s1. The van der Waals surface area contributed by atoms with Crippen LogP contribution < -0.4 is 5.32 Å². The average molecular weight is 372 g/mol. The van der Waals surface area contributed by atoms with Crippen molar-refractivity contribution in [1.29, 1.82) is 0 Å². The summed E-state index contributed by atoms with van der Waals surface area (Å²) in [6, 6.07) is 0.405. The van der Waals surface area contributed by atoms with Crippen molar-refractivity contribution in [3.05, 3.63) is 23.0 Å². The van der Waals surface area contributed by atoms with Gasteiger partial charge in [0, 0.05) is 12.5 Å². The molecule has 3 nitrogen and oxygen atoms in total. The minimum absolute atomic E-state index is 0.140. The molecule has 0 aromatic heterocycles. The van der Waals surface area contributed by atoms with Crippen molar-refractivity contribution in [2.45, 2.75) is 84.3 Å². The van der Waals surface area contributed by atoms with Crippen molar-refractivity contribution < 1.29 is 10.2 Å². The first kappa shape index (κ1) is 18.2. The largest absolute Gasteiger partial charge is 0.512 e. The molecule has 1 unspecified atom stereocenters. The highest BCUT2D eigenvalue weighted by molar-refractivity contribution is 5.35. The molecule has 0 amide bonds. The number of aliphatic hydroxyl groups excluding tert-OH is 2. The van der Waals surface area contributed by atoms with Gasteiger partial charge in [0.05, 0.1) is 11.9 Å². The molecule has 1 aliphatic heterocycles. The molecule has 27 heavy (non-hydrogen) atoms. The SMILES string of the molecule is C[C@H]1C=C2C[C@@H](O)CC[C@]2(C)[C@H]2CC[C@]3(C)C(C4CCCN4)=C(O)C[C@H]3[C@H]12. The van der Waals surface area contributed by atoms with E-state index in [2.05, 4.69) is 32.2 Å². The van der Waals surface area contributed by atoms with Crippen molar-refractivity contribution in [2.24, 2.45) is 34.5 Å². The fourth-order valence-electron chi connectivity index (χ4n) is 8.21. The van der Waals surface area contributed by atoms with Crippen molar-refractivity contribution in [2.75, 3.05) is 6.54 Å². The Kier molecular flexibility index (Phi) is 4.12. The molecule has 3 fully saturated rings. The zero-order valence-corrected chi connectivity index (χ0v) is 17.3. The van der Waals surface area contributed by atoms with Gasteiger partial charge in [-0.2, -0.15) is 0 Å². The van der Waals surface area contributed by atoms with Crippen molar-refractivity contribution in [3.8, 4) is 0 Å². The minimum atomic E-state index is -0.140. The summed E-state index contributed by atoms with van der Waals surface area (Å²) < 4.78 is 0. The molecule has 8 atom stereocenters. The third kappa shape index (κ3) is 2.46. The Labute approximate surface area is 164 Å². The van der Waals surface area contributed by atoms with Gasteiger partial charge in [0.25, 0.3) is 0 Å². The Morgan fingerprint density at radius 2 is 1.81 bits per heavy atom. The molecule has 1 saturated heterocycles. The molecule has 5 rings (SSSR count). The van der Waals surface area contributed by atoms with Gasteiger partial charge in [-0.1, -0.05) is 32.4 Å². The van der Waals surface area contributed by atoms with Gasteiger partial charge in [-0.05, 0) is 91.6 Å². The molecule has 4 aliphatic carbocycles. The smallest absolute Gasteiger partial charge is 0.0939 e. The highest BCUT2D eigenvalue weighted by Gasteiger charge is 2.60. The highest BCUT2D eigenvalue weighted by Crippen LogP contribution is 2.67. The van der Waals surface area contributed by atoms with E-state index in [9.17, 15) is 10.2 Å². The van der Waals surface area contributed by atoms with Crippen LogP contribution in [0.5, 0.6) is 0 Å². The van der Waals surface area contributed by atoms with Crippen molar-refractivity contribution >= 4 is 0 Å². The summed E-state index contributed by atoms with van der Waals surface area (Å²) in [6.07, 6.45) is 11.1. The van der Waals surface area contributed by atoms with E-state index in [4.69, 9.17) is 0 Å². The molecule has 0 aromatic carbocycles. The Balaban J connectivity index is 1.51. The zero-order chi connectivity index (χ0) is 19.0. The number of allylic oxidation sites excluding steroid dienone is 2. The fraction of sp³-hybridized carbons (Fsp3) is 0.833. The van der Waals surface area contributed by atoms with Crippen LogP contribution in [0.1, 0.15) is 72.1 Å². The van der Waals surface area contributed by atoms with E-state index >= 15 is 0 Å². The molecule has 3 N–H and O–H groups in total. The second-order valence-electron chi connectivity index (χ2n) is 10.8. The van der Waals surface area contributed by atoms with Crippen LogP contribution in [0.3, 0.4) is 0 Å². The van der Waals surface area contributed by atoms with E-state index in [0.29, 0.717) is 35.5 Å². The molecule has 5 aliphatic rings. The van der Waals surface area contributed by atoms with E-state index < -0.39 is 0 Å². The predicted octanol–water partition coefficient (Wildman–Crippen LogP) is 4.73. The highest BCUT2D eigenvalue weighted by atomic mass is 16.3. The summed E-state index contributed by atoms with van der Waals surface area (Å²) in [4.78, 5) is 0. The minimum Gasteiger partial charge on any atom is -0.512 e. The lowest BCUT2D eigenvalue weighted by molar-refractivity contribution is -0.0498. The van der Waals surface area contributed by atoms with Crippen LogP contribution in [0.25, 0.3) is 0 Å². The molecular formula is C24H37NO2. The average Bonchev–Trinajstić information content (AvgIpc) is 3.21. The number of hydrogen-bond donors (Lipinski definition) is 3. The molecule has 0 radical (unpaired) electrons. The summed E-state index contributed by atoms with van der Waals surface area (Å²) in [6.45, 7) is 8.45. The van der Waals surface area contributed by atoms with Crippen LogP contribution >= 0.6 is 0 Å². The summed E-state index contributed by atoms with van der Waals surface area (Å²) in [5, 5.41) is 25.0. The summed E-state index contributed by atoms with van der Waals surface area (Å²) >= 11 is 0. The lowest BCUT2D eigenvalue weighted by Crippen LogP contribution is -2.53. The number of hydrogen-bond acceptors (Lipinski definition) is 3. The van der Waals surface area contributed by atoms with E-state index in [-0.39, 0.29) is 16.9 Å². The maximum atomic E-state index is 11.0. The lowest BCUT2D eigenvalue weighted by atomic mass is 9.45. The van der Waals surface area contributed by atoms with Gasteiger partial charge in [0.1, 0.15) is 0 Å². The fourth-order valence-corrected chi connectivity index (χ4v) is 8.21. The monoisotopic (exact) mass is 371 g/mol. The predicted molar refractivity (Wildman–Crippen MR) is 108 cm³/mol. The molecule has 1 heterocycles. The molecule has 0 bridgehead atoms. The first-order chi connectivity index (χ1) is 12.8. The Morgan fingerprint density at radius 3 is 2.56 bits per heavy atom. The molecule has 150 valence electrons. The third-order valence-electron chi connectivity index (χ3n) is 9.55. The zero-order valence-electron chi connectivity index (χ0n) is 17.3. The van der Waals surface area contributed by atoms with E-state index in [1.54, 1.807) is 0 Å². The molecule has 0 aromatic rings. The number of fused-ring (bicyclic) bond motifs is 5. The maximum absolute atomic E-state index is 11.0. The summed E-state index contributed by atoms with van der Waals surface area (Å²) in [7, 11) is 0. The third-order valence-corrected chi connectivity index (χ3v) is 9.55. The Bertz CT molecular complexity index is 690. The van der Waals surface area contributed by atoms with Crippen molar-refractivity contribution in [3.63, 3.8) is 0 Å². The molecule has 2 saturated carbocycles. The van der Waals surface area contributed by atoms with Crippen LogP contribution in [0, 0.1) is 34.5 Å². The van der Waals surface area contributed by atoms with Gasteiger partial charge in [0.15, 0.2) is 0 Å². The molecule has 3 heteroatoms. The summed E-state index contributed by atoms with van der Waals surface area (Å²) in [5.41, 5.74) is 3.33. The number of aliphatic hydroxyl groups is 2. The molecular weight excluding hydrogens is 334 g/mol. The van der Waals surface area contributed by atoms with E-state index in [1.165, 1.54) is 36.8 Å². The maximum Gasteiger partial charge on any atom is 0.0939 e. The second-order valence-corrected chi connectivity index (χ2v) is 10.8. The Morgan fingerprint density at radius 1 is 1.04 bits per heavy atom. The van der Waals surface area contributed by atoms with Gasteiger partial charge >= 0.3 is 0 Å². The van der Waals surface area contributed by atoms with E-state index in [0.717, 1.165) is 32.2 Å². The quantitative estimate of drug-likeness (QED) is 0.584. The first-order valence-corrected chi connectivity index (χ1v) is 11.4. The second kappa shape index (κ2) is 6.10. The first-order valence-electron chi connectivity index (χ1n) is 11.4. The van der Waals surface area contributed by atoms with Crippen LogP contribution in [-0.2, 0) is 0 Å². The van der Waals surface area contributed by atoms with E-state index in [1.807, 2.05) is 0 Å². The van der Waals surface area contributed by atoms with Crippen LogP contribution in [-0.4, -0.2) is 28.9 Å². The number of nitrogens with one attached hydrogen (secondary N) is 1. The lowest BCUT2D eigenvalue weighted by Gasteiger charge is -2.59. The Hall–Kier alpha value is -0.800. The van der Waals surface area contributed by atoms with Crippen LogP contribution in [0.2, 0.25) is 0 Å².